The molecule has 0 bridgehead atoms. The zero-order valence-corrected chi connectivity index (χ0v) is 8.32. The highest BCUT2D eigenvalue weighted by molar-refractivity contribution is 6.06. The van der Waals surface area contributed by atoms with Crippen LogP contribution in [-0.2, 0) is 4.79 Å². The normalized spacial score (nSPS) is 24.9. The minimum Gasteiger partial charge on any atom is -0.391 e. The van der Waals surface area contributed by atoms with Gasteiger partial charge in [-0.05, 0) is 20.3 Å². The third kappa shape index (κ3) is 2.06. The zero-order chi connectivity index (χ0) is 10.0. The number of carbonyl (C=O) groups excluding carboxylic acids is 1. The van der Waals surface area contributed by atoms with Gasteiger partial charge in [-0.1, -0.05) is 6.92 Å². The Labute approximate surface area is 78.2 Å². The van der Waals surface area contributed by atoms with Crippen LogP contribution in [0, 0.1) is 5.92 Å². The second kappa shape index (κ2) is 3.87. The van der Waals surface area contributed by atoms with Gasteiger partial charge in [-0.3, -0.25) is 4.79 Å². The minimum atomic E-state index is -0.517. The second-order valence-corrected chi connectivity index (χ2v) is 3.47. The number of hydrogen-bond donors (Lipinski definition) is 1. The number of aliphatic hydroxyl groups excluding tert-OH is 1. The van der Waals surface area contributed by atoms with Crippen molar-refractivity contribution >= 4 is 11.6 Å². The Morgan fingerprint density at radius 3 is 2.69 bits per heavy atom. The molecule has 1 aliphatic heterocycles. The number of aliphatic hydroxyl groups is 1. The van der Waals surface area contributed by atoms with E-state index in [0.717, 1.165) is 12.1 Å². The van der Waals surface area contributed by atoms with Crippen molar-refractivity contribution in [2.45, 2.75) is 33.3 Å². The van der Waals surface area contributed by atoms with Gasteiger partial charge in [0.15, 0.2) is 0 Å². The van der Waals surface area contributed by atoms with Gasteiger partial charge in [0.2, 0.25) is 0 Å². The molecule has 1 aliphatic rings. The van der Waals surface area contributed by atoms with E-state index in [0.29, 0.717) is 6.54 Å². The Bertz CT molecular complexity index is 236. The SMILES string of the molecule is CCC1C(=O)N(CC(C)O)N=C1C. The van der Waals surface area contributed by atoms with Crippen LogP contribution >= 0.6 is 0 Å². The van der Waals surface area contributed by atoms with Crippen molar-refractivity contribution in [3.05, 3.63) is 0 Å². The van der Waals surface area contributed by atoms with E-state index in [9.17, 15) is 4.79 Å². The molecule has 13 heavy (non-hydrogen) atoms. The Kier molecular flexibility index (Phi) is 3.03. The van der Waals surface area contributed by atoms with Gasteiger partial charge in [-0.25, -0.2) is 5.01 Å². The lowest BCUT2D eigenvalue weighted by Gasteiger charge is -2.14. The summed E-state index contributed by atoms with van der Waals surface area (Å²) in [5, 5.41) is 14.6. The molecule has 0 radical (unpaired) electrons. The number of amides is 1. The molecule has 0 fully saturated rings. The van der Waals surface area contributed by atoms with Crippen LogP contribution in [0.1, 0.15) is 27.2 Å². The molecule has 0 spiro atoms. The van der Waals surface area contributed by atoms with Gasteiger partial charge in [-0.15, -0.1) is 0 Å². The Hall–Kier alpha value is -0.900. The average molecular weight is 184 g/mol. The van der Waals surface area contributed by atoms with Crippen LogP contribution in [0.4, 0.5) is 0 Å². The van der Waals surface area contributed by atoms with Crippen molar-refractivity contribution in [2.24, 2.45) is 11.0 Å². The molecule has 0 saturated carbocycles. The number of hydrogen-bond acceptors (Lipinski definition) is 3. The first kappa shape index (κ1) is 10.2. The first-order valence-corrected chi connectivity index (χ1v) is 4.60. The van der Waals surface area contributed by atoms with Crippen molar-refractivity contribution in [1.29, 1.82) is 0 Å². The molecule has 4 heteroatoms. The summed E-state index contributed by atoms with van der Waals surface area (Å²) >= 11 is 0. The van der Waals surface area contributed by atoms with Crippen LogP contribution in [0.5, 0.6) is 0 Å². The number of rotatable bonds is 3. The van der Waals surface area contributed by atoms with Crippen molar-refractivity contribution < 1.29 is 9.90 Å². The largest absolute Gasteiger partial charge is 0.391 e. The van der Waals surface area contributed by atoms with Gasteiger partial charge in [0, 0.05) is 5.71 Å². The van der Waals surface area contributed by atoms with Gasteiger partial charge >= 0.3 is 0 Å². The van der Waals surface area contributed by atoms with Crippen molar-refractivity contribution in [3.8, 4) is 0 Å². The maximum absolute atomic E-state index is 11.6. The fraction of sp³-hybridized carbons (Fsp3) is 0.778. The number of β-amino-alcohol motifs (C(OH)–C–C–N with tert-alkyl or cyclic N) is 1. The van der Waals surface area contributed by atoms with Gasteiger partial charge < -0.3 is 5.11 Å². The third-order valence-corrected chi connectivity index (χ3v) is 2.18. The molecule has 0 saturated heterocycles. The van der Waals surface area contributed by atoms with Crippen LogP contribution in [0.3, 0.4) is 0 Å². The fourth-order valence-corrected chi connectivity index (χ4v) is 1.52. The molecule has 1 rings (SSSR count). The number of carbonyl (C=O) groups is 1. The van der Waals surface area contributed by atoms with E-state index in [-0.39, 0.29) is 11.8 Å². The fourth-order valence-electron chi connectivity index (χ4n) is 1.52. The Morgan fingerprint density at radius 1 is 1.69 bits per heavy atom. The summed E-state index contributed by atoms with van der Waals surface area (Å²) in [6, 6.07) is 0. The molecule has 1 heterocycles. The van der Waals surface area contributed by atoms with E-state index in [2.05, 4.69) is 5.10 Å². The molecule has 74 valence electrons. The standard InChI is InChI=1S/C9H16N2O2/c1-4-8-7(3)10-11(9(8)13)5-6(2)12/h6,8,12H,4-5H2,1-3H3. The number of hydrazone groups is 1. The van der Waals surface area contributed by atoms with E-state index in [1.165, 1.54) is 5.01 Å². The molecular formula is C9H16N2O2. The van der Waals surface area contributed by atoms with Crippen LogP contribution in [-0.4, -0.2) is 34.4 Å². The molecule has 0 aromatic carbocycles. The predicted molar refractivity (Wildman–Crippen MR) is 50.3 cm³/mol. The predicted octanol–water partition coefficient (Wildman–Crippen LogP) is 0.612. The summed E-state index contributed by atoms with van der Waals surface area (Å²) in [5.41, 5.74) is 0.855. The highest BCUT2D eigenvalue weighted by atomic mass is 16.3. The van der Waals surface area contributed by atoms with E-state index in [4.69, 9.17) is 5.11 Å². The smallest absolute Gasteiger partial charge is 0.251 e. The molecule has 2 unspecified atom stereocenters. The summed E-state index contributed by atoms with van der Waals surface area (Å²) in [6.07, 6.45) is 0.265. The van der Waals surface area contributed by atoms with E-state index in [1.807, 2.05) is 13.8 Å². The van der Waals surface area contributed by atoms with Gasteiger partial charge in [-0.2, -0.15) is 5.10 Å². The van der Waals surface area contributed by atoms with Crippen molar-refractivity contribution in [1.82, 2.24) is 5.01 Å². The molecule has 1 amide bonds. The van der Waals surface area contributed by atoms with Gasteiger partial charge in [0.1, 0.15) is 0 Å². The number of nitrogens with zero attached hydrogens (tertiary/aromatic N) is 2. The average Bonchev–Trinajstić information content (AvgIpc) is 2.26. The lowest BCUT2D eigenvalue weighted by Crippen LogP contribution is -2.32. The van der Waals surface area contributed by atoms with Crippen molar-refractivity contribution in [3.63, 3.8) is 0 Å². The lowest BCUT2D eigenvalue weighted by atomic mass is 10.0. The summed E-state index contributed by atoms with van der Waals surface area (Å²) in [5.74, 6) is -0.0559. The van der Waals surface area contributed by atoms with Crippen LogP contribution in [0.25, 0.3) is 0 Å². The molecule has 0 aromatic heterocycles. The maximum atomic E-state index is 11.6. The quantitative estimate of drug-likeness (QED) is 0.698. The molecular weight excluding hydrogens is 168 g/mol. The second-order valence-electron chi connectivity index (χ2n) is 3.47. The Balaban J connectivity index is 2.66. The molecule has 0 aromatic rings. The van der Waals surface area contributed by atoms with Crippen molar-refractivity contribution in [2.75, 3.05) is 6.54 Å². The summed E-state index contributed by atoms with van der Waals surface area (Å²) in [7, 11) is 0. The third-order valence-electron chi connectivity index (χ3n) is 2.18. The summed E-state index contributed by atoms with van der Waals surface area (Å²) in [6.45, 7) is 5.77. The van der Waals surface area contributed by atoms with Crippen LogP contribution in [0.2, 0.25) is 0 Å². The first-order valence-electron chi connectivity index (χ1n) is 4.60. The molecule has 1 N–H and O–H groups in total. The highest BCUT2D eigenvalue weighted by Crippen LogP contribution is 2.18. The maximum Gasteiger partial charge on any atom is 0.251 e. The van der Waals surface area contributed by atoms with E-state index >= 15 is 0 Å². The van der Waals surface area contributed by atoms with Gasteiger partial charge in [0.25, 0.3) is 5.91 Å². The minimum absolute atomic E-state index is 0.0147. The monoisotopic (exact) mass is 184 g/mol. The van der Waals surface area contributed by atoms with Gasteiger partial charge in [0.05, 0.1) is 18.6 Å². The molecule has 2 atom stereocenters. The molecule has 0 aliphatic carbocycles. The highest BCUT2D eigenvalue weighted by Gasteiger charge is 2.31. The molecule has 4 nitrogen and oxygen atoms in total. The zero-order valence-electron chi connectivity index (χ0n) is 8.32. The van der Waals surface area contributed by atoms with Crippen LogP contribution in [0.15, 0.2) is 5.10 Å². The first-order chi connectivity index (χ1) is 6.06. The summed E-state index contributed by atoms with van der Waals surface area (Å²) < 4.78 is 0. The Morgan fingerprint density at radius 2 is 2.31 bits per heavy atom. The summed E-state index contributed by atoms with van der Waals surface area (Å²) in [4.78, 5) is 11.6. The van der Waals surface area contributed by atoms with Crippen LogP contribution < -0.4 is 0 Å². The van der Waals surface area contributed by atoms with E-state index in [1.54, 1.807) is 6.92 Å². The topological polar surface area (TPSA) is 52.9 Å². The van der Waals surface area contributed by atoms with E-state index < -0.39 is 6.10 Å². The lowest BCUT2D eigenvalue weighted by molar-refractivity contribution is -0.133.